The number of fused-ring (bicyclic) bond motifs is 3. The lowest BCUT2D eigenvalue weighted by Crippen LogP contribution is -2.44. The Kier molecular flexibility index (Phi) is 2.67. The zero-order chi connectivity index (χ0) is 15.8. The largest absolute Gasteiger partial charge is 0.313 e. The molecule has 5 aliphatic rings. The topological polar surface area (TPSA) is 30.2 Å². The van der Waals surface area contributed by atoms with Crippen LogP contribution in [0.15, 0.2) is 17.1 Å². The number of hydrogen-bond donors (Lipinski definition) is 0. The van der Waals surface area contributed by atoms with E-state index in [2.05, 4.69) is 35.0 Å². The van der Waals surface area contributed by atoms with Gasteiger partial charge in [0.2, 0.25) is 0 Å². The Morgan fingerprint density at radius 1 is 1.00 bits per heavy atom. The molecule has 0 amide bonds. The number of aromatic nitrogens is 2. The maximum Gasteiger partial charge on any atom is 0.141 e. The summed E-state index contributed by atoms with van der Waals surface area (Å²) in [5, 5.41) is 1.33. The molecule has 24 heavy (non-hydrogen) atoms. The fourth-order valence-corrected chi connectivity index (χ4v) is 6.74. The molecule has 2 aromatic heterocycles. The normalized spacial score (nSPS) is 36.5. The number of aryl methyl sites for hydroxylation is 2. The molecule has 3 nitrogen and oxygen atoms in total. The summed E-state index contributed by atoms with van der Waals surface area (Å²) in [6.45, 7) is 0. The molecule has 4 fully saturated rings. The lowest BCUT2D eigenvalue weighted by molar-refractivity contribution is -0.00406. The van der Waals surface area contributed by atoms with Crippen LogP contribution in [0.3, 0.4) is 0 Å². The zero-order valence-corrected chi connectivity index (χ0v) is 14.4. The van der Waals surface area contributed by atoms with E-state index in [-0.39, 0.29) is 0 Å². The van der Waals surface area contributed by atoms with Gasteiger partial charge in [0.15, 0.2) is 0 Å². The van der Waals surface area contributed by atoms with Crippen LogP contribution < -0.4 is 0 Å². The number of hydrogen-bond acceptors (Lipinski definition) is 2. The molecule has 0 aromatic carbocycles. The van der Waals surface area contributed by atoms with E-state index in [4.69, 9.17) is 4.98 Å². The summed E-state index contributed by atoms with van der Waals surface area (Å²) >= 11 is 0. The number of nitrogens with zero attached hydrogens (tertiary/aromatic N) is 3. The van der Waals surface area contributed by atoms with E-state index in [0.29, 0.717) is 0 Å². The second-order valence-corrected chi connectivity index (χ2v) is 8.78. The van der Waals surface area contributed by atoms with E-state index in [0.717, 1.165) is 53.9 Å². The minimum absolute atomic E-state index is 0.720. The van der Waals surface area contributed by atoms with E-state index >= 15 is 0 Å². The van der Waals surface area contributed by atoms with Crippen LogP contribution in [-0.2, 0) is 13.5 Å². The van der Waals surface area contributed by atoms with Gasteiger partial charge in [-0.1, -0.05) is 0 Å². The Morgan fingerprint density at radius 2 is 1.75 bits per heavy atom. The standard InChI is InChI=1S/C21H25N3/c1-24-20-16(3-2-6-22-20)17-4-5-18(23-21(17)24)19-14-8-12-7-13(10-14)11-15(19)9-12/h4-6,12-15,19H,2-3,7-11H2,1H3. The number of rotatable bonds is 1. The van der Waals surface area contributed by atoms with Gasteiger partial charge in [-0.15, -0.1) is 0 Å². The van der Waals surface area contributed by atoms with Gasteiger partial charge in [0.05, 0.1) is 0 Å². The Bertz CT molecular complexity index is 832. The van der Waals surface area contributed by atoms with E-state index in [1.54, 1.807) is 0 Å². The maximum absolute atomic E-state index is 5.21. The second kappa shape index (κ2) is 4.71. The van der Waals surface area contributed by atoms with Gasteiger partial charge >= 0.3 is 0 Å². The monoisotopic (exact) mass is 319 g/mol. The number of aliphatic imine (C=N–C) groups is 1. The molecule has 0 saturated heterocycles. The van der Waals surface area contributed by atoms with Crippen molar-refractivity contribution in [1.82, 2.24) is 9.55 Å². The van der Waals surface area contributed by atoms with Crippen molar-refractivity contribution in [3.8, 4) is 0 Å². The van der Waals surface area contributed by atoms with Crippen LogP contribution in [-0.4, -0.2) is 15.8 Å². The van der Waals surface area contributed by atoms with Gasteiger partial charge in [-0.25, -0.2) is 9.98 Å². The quantitative estimate of drug-likeness (QED) is 0.745. The molecule has 3 heterocycles. The predicted molar refractivity (Wildman–Crippen MR) is 97.0 cm³/mol. The van der Waals surface area contributed by atoms with E-state index in [1.165, 1.54) is 48.7 Å². The van der Waals surface area contributed by atoms with Crippen molar-refractivity contribution in [2.45, 2.75) is 50.9 Å². The minimum Gasteiger partial charge on any atom is -0.313 e. The van der Waals surface area contributed by atoms with Crippen molar-refractivity contribution in [2.75, 3.05) is 0 Å². The highest BCUT2D eigenvalue weighted by Gasteiger charge is 2.49. The molecule has 7 rings (SSSR count). The van der Waals surface area contributed by atoms with Gasteiger partial charge in [-0.05, 0) is 80.8 Å². The van der Waals surface area contributed by atoms with Crippen LogP contribution in [0.1, 0.15) is 55.7 Å². The molecule has 4 saturated carbocycles. The molecule has 0 unspecified atom stereocenters. The first kappa shape index (κ1) is 13.6. The summed E-state index contributed by atoms with van der Waals surface area (Å²) in [4.78, 5) is 9.86. The maximum atomic E-state index is 5.21. The molecular formula is C21H25N3. The van der Waals surface area contributed by atoms with Crippen LogP contribution in [0.25, 0.3) is 11.0 Å². The molecule has 4 bridgehead atoms. The fraction of sp³-hybridized carbons (Fsp3) is 0.619. The van der Waals surface area contributed by atoms with Crippen LogP contribution in [0.2, 0.25) is 0 Å². The predicted octanol–water partition coefficient (Wildman–Crippen LogP) is 4.76. The van der Waals surface area contributed by atoms with Crippen molar-refractivity contribution in [3.63, 3.8) is 0 Å². The second-order valence-electron chi connectivity index (χ2n) is 8.78. The summed E-state index contributed by atoms with van der Waals surface area (Å²) in [5.41, 5.74) is 3.93. The van der Waals surface area contributed by atoms with Crippen molar-refractivity contribution in [1.29, 1.82) is 0 Å². The first-order chi connectivity index (χ1) is 11.8. The lowest BCUT2D eigenvalue weighted by Gasteiger charge is -2.54. The summed E-state index contributed by atoms with van der Waals surface area (Å²) in [5.74, 6) is 5.72. The molecule has 0 N–H and O–H groups in total. The summed E-state index contributed by atoms with van der Waals surface area (Å²) < 4.78 is 2.22. The highest BCUT2D eigenvalue weighted by Crippen LogP contribution is 2.59. The smallest absolute Gasteiger partial charge is 0.141 e. The van der Waals surface area contributed by atoms with Gasteiger partial charge in [0.1, 0.15) is 11.5 Å². The average molecular weight is 319 g/mol. The molecule has 4 aliphatic carbocycles. The van der Waals surface area contributed by atoms with Gasteiger partial charge in [0.25, 0.3) is 0 Å². The Labute approximate surface area is 143 Å². The van der Waals surface area contributed by atoms with E-state index in [9.17, 15) is 0 Å². The first-order valence-electron chi connectivity index (χ1n) is 9.78. The molecule has 0 radical (unpaired) electrons. The average Bonchev–Trinajstić information content (AvgIpc) is 2.87. The third kappa shape index (κ3) is 1.73. The summed E-state index contributed by atoms with van der Waals surface area (Å²) in [7, 11) is 2.14. The molecule has 1 aliphatic heterocycles. The Hall–Kier alpha value is -1.64. The fourth-order valence-electron chi connectivity index (χ4n) is 6.74. The third-order valence-corrected chi connectivity index (χ3v) is 7.43. The van der Waals surface area contributed by atoms with Gasteiger partial charge in [0, 0.05) is 35.8 Å². The van der Waals surface area contributed by atoms with Gasteiger partial charge < -0.3 is 4.57 Å². The van der Waals surface area contributed by atoms with E-state index < -0.39 is 0 Å². The van der Waals surface area contributed by atoms with Crippen LogP contribution in [0.4, 0.5) is 5.82 Å². The Morgan fingerprint density at radius 3 is 2.50 bits per heavy atom. The van der Waals surface area contributed by atoms with Gasteiger partial charge in [-0.2, -0.15) is 0 Å². The number of pyridine rings is 1. The zero-order valence-electron chi connectivity index (χ0n) is 14.4. The molecule has 2 aromatic rings. The summed E-state index contributed by atoms with van der Waals surface area (Å²) in [6, 6.07) is 4.70. The van der Waals surface area contributed by atoms with Crippen LogP contribution in [0.5, 0.6) is 0 Å². The molecule has 124 valence electrons. The van der Waals surface area contributed by atoms with Crippen LogP contribution in [0, 0.1) is 23.7 Å². The minimum atomic E-state index is 0.720. The molecular weight excluding hydrogens is 294 g/mol. The van der Waals surface area contributed by atoms with Crippen LogP contribution >= 0.6 is 0 Å². The Balaban J connectivity index is 1.47. The SMILES string of the molecule is Cn1c2c(c3ccc(C4C5CC6CC(C5)CC4C6)nc31)CCC=N2. The van der Waals surface area contributed by atoms with Gasteiger partial charge in [-0.3, -0.25) is 0 Å². The lowest BCUT2D eigenvalue weighted by atomic mass is 9.51. The highest BCUT2D eigenvalue weighted by molar-refractivity contribution is 5.89. The van der Waals surface area contributed by atoms with Crippen molar-refractivity contribution in [3.05, 3.63) is 23.4 Å². The molecule has 0 spiro atoms. The van der Waals surface area contributed by atoms with E-state index in [1.807, 2.05) is 0 Å². The van der Waals surface area contributed by atoms with Crippen molar-refractivity contribution < 1.29 is 0 Å². The third-order valence-electron chi connectivity index (χ3n) is 7.43. The first-order valence-corrected chi connectivity index (χ1v) is 9.78. The molecule has 0 atom stereocenters. The van der Waals surface area contributed by atoms with Crippen molar-refractivity contribution in [2.24, 2.45) is 35.7 Å². The van der Waals surface area contributed by atoms with Crippen molar-refractivity contribution >= 4 is 23.1 Å². The highest BCUT2D eigenvalue weighted by atomic mass is 15.1. The molecule has 3 heteroatoms. The summed E-state index contributed by atoms with van der Waals surface area (Å²) in [6.07, 6.45) is 11.6.